The maximum absolute atomic E-state index is 11.7. The van der Waals surface area contributed by atoms with E-state index in [1.54, 1.807) is 25.3 Å². The van der Waals surface area contributed by atoms with E-state index in [0.29, 0.717) is 11.4 Å². The minimum absolute atomic E-state index is 0.237. The van der Waals surface area contributed by atoms with Crippen molar-refractivity contribution in [1.29, 1.82) is 0 Å². The van der Waals surface area contributed by atoms with Crippen molar-refractivity contribution in [3.63, 3.8) is 0 Å². The fourth-order valence-corrected chi connectivity index (χ4v) is 1.91. The number of esters is 1. The van der Waals surface area contributed by atoms with Gasteiger partial charge in [-0.1, -0.05) is 24.3 Å². The van der Waals surface area contributed by atoms with E-state index < -0.39 is 12.1 Å². The van der Waals surface area contributed by atoms with Gasteiger partial charge in [-0.3, -0.25) is 0 Å². The van der Waals surface area contributed by atoms with Crippen LogP contribution in [0.2, 0.25) is 0 Å². The SMILES string of the molecule is CCOC(=O)C(O)c1ccccc1-c1nccn1C. The summed E-state index contributed by atoms with van der Waals surface area (Å²) >= 11 is 0. The maximum atomic E-state index is 11.7. The maximum Gasteiger partial charge on any atom is 0.339 e. The van der Waals surface area contributed by atoms with Gasteiger partial charge in [0.1, 0.15) is 5.82 Å². The Morgan fingerprint density at radius 1 is 1.47 bits per heavy atom. The predicted molar refractivity (Wildman–Crippen MR) is 70.2 cm³/mol. The zero-order chi connectivity index (χ0) is 13.8. The van der Waals surface area contributed by atoms with Crippen molar-refractivity contribution >= 4 is 5.97 Å². The molecule has 0 amide bonds. The quantitative estimate of drug-likeness (QED) is 0.849. The number of carbonyl (C=O) groups excluding carboxylic acids is 1. The summed E-state index contributed by atoms with van der Waals surface area (Å²) in [5.74, 6) is 0.0445. The van der Waals surface area contributed by atoms with Crippen LogP contribution >= 0.6 is 0 Å². The van der Waals surface area contributed by atoms with Gasteiger partial charge in [0.15, 0.2) is 6.10 Å². The third kappa shape index (κ3) is 2.66. The molecule has 0 saturated heterocycles. The van der Waals surface area contributed by atoms with Crippen molar-refractivity contribution in [2.45, 2.75) is 13.0 Å². The largest absolute Gasteiger partial charge is 0.464 e. The average Bonchev–Trinajstić information content (AvgIpc) is 2.84. The molecule has 1 heterocycles. The Kier molecular flexibility index (Phi) is 3.97. The minimum Gasteiger partial charge on any atom is -0.464 e. The molecule has 0 aliphatic rings. The van der Waals surface area contributed by atoms with E-state index in [4.69, 9.17) is 4.74 Å². The smallest absolute Gasteiger partial charge is 0.339 e. The lowest BCUT2D eigenvalue weighted by Crippen LogP contribution is -2.16. The van der Waals surface area contributed by atoms with Crippen molar-refractivity contribution in [3.8, 4) is 11.4 Å². The second-order valence-electron chi connectivity index (χ2n) is 4.10. The van der Waals surface area contributed by atoms with E-state index in [-0.39, 0.29) is 6.61 Å². The lowest BCUT2D eigenvalue weighted by Gasteiger charge is -2.14. The van der Waals surface area contributed by atoms with E-state index in [9.17, 15) is 9.90 Å². The molecule has 0 fully saturated rings. The zero-order valence-electron chi connectivity index (χ0n) is 10.9. The summed E-state index contributed by atoms with van der Waals surface area (Å²) in [6, 6.07) is 7.13. The highest BCUT2D eigenvalue weighted by atomic mass is 16.5. The molecule has 0 spiro atoms. The molecular formula is C14H16N2O3. The van der Waals surface area contributed by atoms with Crippen molar-refractivity contribution in [2.75, 3.05) is 6.61 Å². The topological polar surface area (TPSA) is 64.3 Å². The molecule has 2 rings (SSSR count). The highest BCUT2D eigenvalue weighted by Crippen LogP contribution is 2.27. The molecule has 0 aliphatic heterocycles. The molecule has 5 heteroatoms. The van der Waals surface area contributed by atoms with Crippen LogP contribution in [0.5, 0.6) is 0 Å². The van der Waals surface area contributed by atoms with Gasteiger partial charge in [-0.05, 0) is 6.92 Å². The van der Waals surface area contributed by atoms with Gasteiger partial charge >= 0.3 is 5.97 Å². The molecule has 2 aromatic rings. The summed E-state index contributed by atoms with van der Waals surface area (Å²) in [6.07, 6.45) is 2.18. The molecule has 1 atom stereocenters. The third-order valence-electron chi connectivity index (χ3n) is 2.83. The summed E-state index contributed by atoms with van der Waals surface area (Å²) in [6.45, 7) is 1.94. The van der Waals surface area contributed by atoms with Gasteiger partial charge in [-0.25, -0.2) is 9.78 Å². The minimum atomic E-state index is -1.30. The van der Waals surface area contributed by atoms with Crippen LogP contribution in [-0.2, 0) is 16.6 Å². The predicted octanol–water partition coefficient (Wildman–Crippen LogP) is 1.68. The number of aliphatic hydroxyl groups excluding tert-OH is 1. The summed E-state index contributed by atoms with van der Waals surface area (Å²) < 4.78 is 6.67. The van der Waals surface area contributed by atoms with Crippen LogP contribution in [0.15, 0.2) is 36.7 Å². The first-order valence-electron chi connectivity index (χ1n) is 6.06. The van der Waals surface area contributed by atoms with Gasteiger partial charge in [0, 0.05) is 30.6 Å². The van der Waals surface area contributed by atoms with Crippen molar-refractivity contribution in [3.05, 3.63) is 42.2 Å². The molecule has 100 valence electrons. The number of rotatable bonds is 4. The number of imidazole rings is 1. The van der Waals surface area contributed by atoms with Crippen LogP contribution in [0.3, 0.4) is 0 Å². The van der Waals surface area contributed by atoms with E-state index in [2.05, 4.69) is 4.98 Å². The van der Waals surface area contributed by atoms with Crippen molar-refractivity contribution in [1.82, 2.24) is 9.55 Å². The molecule has 1 aromatic heterocycles. The first kappa shape index (κ1) is 13.3. The van der Waals surface area contributed by atoms with Gasteiger partial charge in [0.05, 0.1) is 6.61 Å². The Bertz CT molecular complexity index is 578. The molecule has 0 bridgehead atoms. The Balaban J connectivity index is 2.42. The van der Waals surface area contributed by atoms with Crippen LogP contribution in [-0.4, -0.2) is 27.2 Å². The number of nitrogens with zero attached hydrogens (tertiary/aromatic N) is 2. The van der Waals surface area contributed by atoms with Gasteiger partial charge in [0.2, 0.25) is 0 Å². The van der Waals surface area contributed by atoms with E-state index in [1.165, 1.54) is 0 Å². The van der Waals surface area contributed by atoms with Crippen LogP contribution < -0.4 is 0 Å². The standard InChI is InChI=1S/C14H16N2O3/c1-3-19-14(18)12(17)10-6-4-5-7-11(10)13-15-8-9-16(13)2/h4-9,12,17H,3H2,1-2H3. The number of hydrogen-bond donors (Lipinski definition) is 1. The van der Waals surface area contributed by atoms with Gasteiger partial charge in [0.25, 0.3) is 0 Å². The Morgan fingerprint density at radius 3 is 2.84 bits per heavy atom. The molecule has 5 nitrogen and oxygen atoms in total. The molecule has 19 heavy (non-hydrogen) atoms. The first-order chi connectivity index (χ1) is 9.15. The number of aromatic nitrogens is 2. The second-order valence-corrected chi connectivity index (χ2v) is 4.10. The second kappa shape index (κ2) is 5.67. The fraction of sp³-hybridized carbons (Fsp3) is 0.286. The van der Waals surface area contributed by atoms with Gasteiger partial charge < -0.3 is 14.4 Å². The molecule has 1 N–H and O–H groups in total. The van der Waals surface area contributed by atoms with Crippen molar-refractivity contribution in [2.24, 2.45) is 7.05 Å². The number of ether oxygens (including phenoxy) is 1. The van der Waals surface area contributed by atoms with Crippen molar-refractivity contribution < 1.29 is 14.6 Å². The lowest BCUT2D eigenvalue weighted by molar-refractivity contribution is -0.153. The molecule has 0 saturated carbocycles. The normalized spacial score (nSPS) is 12.2. The summed E-state index contributed by atoms with van der Waals surface area (Å²) in [5.41, 5.74) is 1.21. The Morgan fingerprint density at radius 2 is 2.21 bits per heavy atom. The highest BCUT2D eigenvalue weighted by molar-refractivity contribution is 5.79. The van der Waals surface area contributed by atoms with Gasteiger partial charge in [-0.15, -0.1) is 0 Å². The highest BCUT2D eigenvalue weighted by Gasteiger charge is 2.23. The van der Waals surface area contributed by atoms with Crippen LogP contribution in [0.1, 0.15) is 18.6 Å². The van der Waals surface area contributed by atoms with E-state index in [0.717, 1.165) is 5.56 Å². The Labute approximate surface area is 111 Å². The zero-order valence-corrected chi connectivity index (χ0v) is 10.9. The first-order valence-corrected chi connectivity index (χ1v) is 6.06. The molecule has 1 aromatic carbocycles. The summed E-state index contributed by atoms with van der Waals surface area (Å²) in [4.78, 5) is 15.9. The molecule has 1 unspecified atom stereocenters. The lowest BCUT2D eigenvalue weighted by atomic mass is 10.0. The van der Waals surface area contributed by atoms with Crippen LogP contribution in [0.25, 0.3) is 11.4 Å². The third-order valence-corrected chi connectivity index (χ3v) is 2.83. The average molecular weight is 260 g/mol. The number of aliphatic hydroxyl groups is 1. The monoisotopic (exact) mass is 260 g/mol. The number of carbonyl (C=O) groups is 1. The number of hydrogen-bond acceptors (Lipinski definition) is 4. The van der Waals surface area contributed by atoms with E-state index >= 15 is 0 Å². The number of benzene rings is 1. The summed E-state index contributed by atoms with van der Waals surface area (Å²) in [7, 11) is 1.86. The molecule has 0 radical (unpaired) electrons. The van der Waals surface area contributed by atoms with Crippen LogP contribution in [0.4, 0.5) is 0 Å². The molecular weight excluding hydrogens is 244 g/mol. The van der Waals surface area contributed by atoms with Gasteiger partial charge in [-0.2, -0.15) is 0 Å². The molecule has 0 aliphatic carbocycles. The number of aryl methyl sites for hydroxylation is 1. The fourth-order valence-electron chi connectivity index (χ4n) is 1.91. The summed E-state index contributed by atoms with van der Waals surface area (Å²) in [5, 5.41) is 10.1. The van der Waals surface area contributed by atoms with Crippen LogP contribution in [0, 0.1) is 0 Å². The Hall–Kier alpha value is -2.14. The van der Waals surface area contributed by atoms with E-state index in [1.807, 2.05) is 29.9 Å².